The number of likely N-dealkylation sites (tertiary alicyclic amines) is 2. The summed E-state index contributed by atoms with van der Waals surface area (Å²) in [5.74, 6) is -0.0367. The van der Waals surface area contributed by atoms with Crippen LogP contribution >= 0.6 is 11.3 Å². The fraction of sp³-hybridized carbons (Fsp3) is 0.500. The zero-order valence-electron chi connectivity index (χ0n) is 24.2. The summed E-state index contributed by atoms with van der Waals surface area (Å²) in [5, 5.41) is 18.0. The Balaban J connectivity index is 1.27. The van der Waals surface area contributed by atoms with Gasteiger partial charge in [-0.3, -0.25) is 4.57 Å². The number of nitriles is 1. The molecule has 0 radical (unpaired) electrons. The van der Waals surface area contributed by atoms with Crippen molar-refractivity contribution in [3.05, 3.63) is 35.2 Å². The van der Waals surface area contributed by atoms with Crippen LogP contribution in [0.3, 0.4) is 0 Å². The van der Waals surface area contributed by atoms with Gasteiger partial charge in [-0.25, -0.2) is 32.0 Å². The summed E-state index contributed by atoms with van der Waals surface area (Å²) < 4.78 is 63.1. The predicted molar refractivity (Wildman–Crippen MR) is 159 cm³/mol. The number of hydrogen-bond acceptors (Lipinski definition) is 10. The first kappa shape index (κ1) is 29.8. The topological polar surface area (TPSA) is 159 Å². The molecule has 13 nitrogen and oxygen atoms in total. The lowest BCUT2D eigenvalue weighted by atomic mass is 9.91. The van der Waals surface area contributed by atoms with Crippen LogP contribution in [0, 0.1) is 11.3 Å². The van der Waals surface area contributed by atoms with Gasteiger partial charge in [0.2, 0.25) is 15.2 Å². The quantitative estimate of drug-likeness (QED) is 0.313. The molecule has 3 fully saturated rings. The van der Waals surface area contributed by atoms with Crippen LogP contribution in [0.4, 0.5) is 13.6 Å². The molecule has 2 aliphatic heterocycles. The lowest BCUT2D eigenvalue weighted by Gasteiger charge is -2.34. The van der Waals surface area contributed by atoms with Gasteiger partial charge in [0.25, 0.3) is 6.43 Å². The number of urea groups is 1. The number of ether oxygens (including phenoxy) is 1. The lowest BCUT2D eigenvalue weighted by Crippen LogP contribution is -2.46. The summed E-state index contributed by atoms with van der Waals surface area (Å²) in [5.41, 5.74) is 0.361. The van der Waals surface area contributed by atoms with E-state index in [1.54, 1.807) is 13.2 Å². The van der Waals surface area contributed by atoms with Crippen molar-refractivity contribution in [2.24, 2.45) is 0 Å². The summed E-state index contributed by atoms with van der Waals surface area (Å²) >= 11 is 0.688. The van der Waals surface area contributed by atoms with Gasteiger partial charge in [0.1, 0.15) is 11.9 Å². The molecule has 7 rings (SSSR count). The van der Waals surface area contributed by atoms with Crippen molar-refractivity contribution in [3.63, 3.8) is 0 Å². The SMILES string of the molecule is CO[C@H]1CCN(C(=O)N2CCC(c3ncnc4c3c3ccc(S(=O)(=O)NC5(C#N)CC5)cc3n4-c3nnc(C(F)F)s3)CC2)C1. The molecule has 3 aliphatic rings. The Bertz CT molecular complexity index is 1950. The maximum atomic E-state index is 13.5. The normalized spacial score (nSPS) is 20.4. The molecule has 1 aliphatic carbocycles. The van der Waals surface area contributed by atoms with Crippen LogP contribution in [0.1, 0.15) is 55.1 Å². The Labute approximate surface area is 260 Å². The number of carbonyl (C=O) groups is 1. The van der Waals surface area contributed by atoms with Gasteiger partial charge in [0.15, 0.2) is 10.7 Å². The van der Waals surface area contributed by atoms with E-state index in [4.69, 9.17) is 4.74 Å². The molecule has 0 bridgehead atoms. The maximum absolute atomic E-state index is 13.5. The monoisotopic (exact) mass is 657 g/mol. The minimum atomic E-state index is -4.08. The van der Waals surface area contributed by atoms with E-state index in [2.05, 4.69) is 24.9 Å². The fourth-order valence-electron chi connectivity index (χ4n) is 6.23. The smallest absolute Gasteiger partial charge is 0.320 e. The van der Waals surface area contributed by atoms with Crippen molar-refractivity contribution in [2.45, 2.75) is 61.0 Å². The van der Waals surface area contributed by atoms with E-state index in [0.717, 1.165) is 12.1 Å². The van der Waals surface area contributed by atoms with Gasteiger partial charge < -0.3 is 14.5 Å². The number of hydrogen-bond donors (Lipinski definition) is 1. The molecule has 1 aromatic carbocycles. The molecule has 1 atom stereocenters. The summed E-state index contributed by atoms with van der Waals surface area (Å²) in [7, 11) is -2.43. The molecule has 4 aromatic rings. The lowest BCUT2D eigenvalue weighted by molar-refractivity contribution is 0.103. The maximum Gasteiger partial charge on any atom is 0.320 e. The Morgan fingerprint density at radius 3 is 2.56 bits per heavy atom. The first-order valence-corrected chi connectivity index (χ1v) is 16.9. The summed E-state index contributed by atoms with van der Waals surface area (Å²) in [6.45, 7) is 2.30. The van der Waals surface area contributed by atoms with Gasteiger partial charge in [-0.1, -0.05) is 17.4 Å². The number of alkyl halides is 2. The number of fused-ring (bicyclic) bond motifs is 3. The second kappa shape index (κ2) is 11.2. The van der Waals surface area contributed by atoms with E-state index >= 15 is 0 Å². The van der Waals surface area contributed by atoms with Crippen molar-refractivity contribution in [1.29, 1.82) is 5.26 Å². The van der Waals surface area contributed by atoms with Crippen molar-refractivity contribution < 1.29 is 26.7 Å². The molecular weight excluding hydrogens is 628 g/mol. The minimum absolute atomic E-state index is 0.00438. The average molecular weight is 658 g/mol. The van der Waals surface area contributed by atoms with Crippen LogP contribution in [-0.2, 0) is 14.8 Å². The number of sulfonamides is 1. The predicted octanol–water partition coefficient (Wildman–Crippen LogP) is 3.72. The highest BCUT2D eigenvalue weighted by atomic mass is 32.2. The van der Waals surface area contributed by atoms with Crippen LogP contribution in [0.15, 0.2) is 29.4 Å². The fourth-order valence-corrected chi connectivity index (χ4v) is 8.34. The number of methoxy groups -OCH3 is 1. The molecule has 3 aromatic heterocycles. The van der Waals surface area contributed by atoms with Crippen LogP contribution in [0.2, 0.25) is 0 Å². The average Bonchev–Trinajstić information content (AvgIpc) is 3.39. The van der Waals surface area contributed by atoms with Crippen LogP contribution in [0.5, 0.6) is 0 Å². The van der Waals surface area contributed by atoms with E-state index in [1.165, 1.54) is 23.0 Å². The van der Waals surface area contributed by atoms with Crippen LogP contribution in [0.25, 0.3) is 27.1 Å². The number of carbonyl (C=O) groups excluding carboxylic acids is 1. The highest BCUT2D eigenvalue weighted by molar-refractivity contribution is 7.89. The minimum Gasteiger partial charge on any atom is -0.380 e. The Morgan fingerprint density at radius 2 is 1.91 bits per heavy atom. The largest absolute Gasteiger partial charge is 0.380 e. The summed E-state index contributed by atoms with van der Waals surface area (Å²) in [6.07, 6.45) is 1.56. The highest BCUT2D eigenvalue weighted by Crippen LogP contribution is 2.41. The number of nitrogens with zero attached hydrogens (tertiary/aromatic N) is 8. The van der Waals surface area contributed by atoms with E-state index in [1.807, 2.05) is 15.9 Å². The number of amides is 2. The van der Waals surface area contributed by atoms with E-state index in [9.17, 15) is 27.3 Å². The second-order valence-electron chi connectivity index (χ2n) is 11.6. The molecule has 236 valence electrons. The van der Waals surface area contributed by atoms with E-state index < -0.39 is 27.0 Å². The number of benzene rings is 1. The number of halogens is 2. The summed E-state index contributed by atoms with van der Waals surface area (Å²) in [6, 6.07) is 6.56. The van der Waals surface area contributed by atoms with Crippen molar-refractivity contribution in [1.82, 2.24) is 39.3 Å². The van der Waals surface area contributed by atoms with Gasteiger partial charge in [-0.15, -0.1) is 10.2 Å². The molecule has 0 spiro atoms. The van der Waals surface area contributed by atoms with Crippen LogP contribution < -0.4 is 4.72 Å². The Hall–Kier alpha value is -3.85. The molecule has 2 amide bonds. The Kier molecular flexibility index (Phi) is 7.42. The number of nitrogens with one attached hydrogen (secondary N) is 1. The van der Waals surface area contributed by atoms with Gasteiger partial charge in [-0.05, 0) is 44.2 Å². The number of rotatable bonds is 7. The standard InChI is InChI=1S/C28H29F2N9O4S2/c1-43-17-6-11-38(13-17)27(40)37-9-4-16(5-10-37)22-21-19-3-2-18(45(41,42)36-28(14-31)7-8-28)12-20(19)39(24(21)33-15-32-22)26-35-34-25(44-26)23(29)30/h2-3,12,15-17,23,36H,4-11,13H2,1H3/t17-/m0/s1. The highest BCUT2D eigenvalue weighted by Gasteiger charge is 2.47. The van der Waals surface area contributed by atoms with Gasteiger partial charge in [0.05, 0.1) is 28.3 Å². The molecule has 5 heterocycles. The molecule has 17 heteroatoms. The zero-order valence-corrected chi connectivity index (χ0v) is 25.8. The summed E-state index contributed by atoms with van der Waals surface area (Å²) in [4.78, 5) is 25.9. The van der Waals surface area contributed by atoms with Crippen LogP contribution in [-0.4, -0.2) is 93.9 Å². The first-order valence-electron chi connectivity index (χ1n) is 14.6. The molecule has 1 N–H and O–H groups in total. The third kappa shape index (κ3) is 5.29. The van der Waals surface area contributed by atoms with Crippen molar-refractivity contribution in [3.8, 4) is 11.2 Å². The Morgan fingerprint density at radius 1 is 1.16 bits per heavy atom. The third-order valence-electron chi connectivity index (χ3n) is 8.86. The number of piperidine rings is 1. The van der Waals surface area contributed by atoms with E-state index in [-0.39, 0.29) is 28.1 Å². The van der Waals surface area contributed by atoms with Crippen molar-refractivity contribution in [2.75, 3.05) is 33.3 Å². The van der Waals surface area contributed by atoms with Crippen molar-refractivity contribution >= 4 is 49.3 Å². The van der Waals surface area contributed by atoms with Gasteiger partial charge in [-0.2, -0.15) is 9.98 Å². The zero-order chi connectivity index (χ0) is 31.5. The first-order chi connectivity index (χ1) is 21.6. The molecule has 45 heavy (non-hydrogen) atoms. The molecule has 1 saturated carbocycles. The third-order valence-corrected chi connectivity index (χ3v) is 11.3. The molecule has 2 saturated heterocycles. The molecule has 0 unspecified atom stereocenters. The van der Waals surface area contributed by atoms with Gasteiger partial charge >= 0.3 is 6.03 Å². The van der Waals surface area contributed by atoms with E-state index in [0.29, 0.717) is 85.1 Å². The van der Waals surface area contributed by atoms with Gasteiger partial charge in [0, 0.05) is 50.0 Å². The second-order valence-corrected chi connectivity index (χ2v) is 14.3. The molecular formula is C28H29F2N9O4S2. The number of aromatic nitrogens is 5.